The highest BCUT2D eigenvalue weighted by molar-refractivity contribution is 6.09. The molecule has 6 nitrogen and oxygen atoms in total. The van der Waals surface area contributed by atoms with E-state index in [9.17, 15) is 9.59 Å². The molecule has 2 aliphatic heterocycles. The SMILES string of the molecule is COc1ccccc1C[C@@H](C)NC(=O)[C@@]1(C)CC(=O)N=C2C=C(C)C=CN21. The number of aliphatic imine (C=N–C) groups is 1. The molecule has 0 unspecified atom stereocenters. The maximum atomic E-state index is 13.1. The summed E-state index contributed by atoms with van der Waals surface area (Å²) in [7, 11) is 1.63. The van der Waals surface area contributed by atoms with Crippen molar-refractivity contribution in [2.45, 2.75) is 45.2 Å². The van der Waals surface area contributed by atoms with Crippen LogP contribution < -0.4 is 10.1 Å². The predicted octanol–water partition coefficient (Wildman–Crippen LogP) is 2.61. The second kappa shape index (κ2) is 7.39. The Labute approximate surface area is 159 Å². The van der Waals surface area contributed by atoms with Gasteiger partial charge in [0, 0.05) is 12.2 Å². The number of methoxy groups -OCH3 is 1. The van der Waals surface area contributed by atoms with Crippen molar-refractivity contribution in [1.29, 1.82) is 0 Å². The highest BCUT2D eigenvalue weighted by atomic mass is 16.5. The van der Waals surface area contributed by atoms with Crippen LogP contribution in [0.2, 0.25) is 0 Å². The monoisotopic (exact) mass is 367 g/mol. The van der Waals surface area contributed by atoms with E-state index in [-0.39, 0.29) is 24.3 Å². The van der Waals surface area contributed by atoms with E-state index in [0.29, 0.717) is 12.3 Å². The first-order valence-electron chi connectivity index (χ1n) is 9.03. The van der Waals surface area contributed by atoms with Gasteiger partial charge in [-0.05, 0) is 56.5 Å². The number of amides is 2. The zero-order valence-corrected chi connectivity index (χ0v) is 16.2. The van der Waals surface area contributed by atoms with Gasteiger partial charge in [-0.3, -0.25) is 9.59 Å². The molecule has 3 rings (SSSR count). The van der Waals surface area contributed by atoms with E-state index < -0.39 is 5.54 Å². The van der Waals surface area contributed by atoms with Crippen molar-refractivity contribution in [2.75, 3.05) is 7.11 Å². The van der Waals surface area contributed by atoms with E-state index >= 15 is 0 Å². The van der Waals surface area contributed by atoms with E-state index in [1.165, 1.54) is 0 Å². The summed E-state index contributed by atoms with van der Waals surface area (Å²) in [6.45, 7) is 5.66. The summed E-state index contributed by atoms with van der Waals surface area (Å²) in [5, 5.41) is 3.06. The van der Waals surface area contributed by atoms with Gasteiger partial charge in [0.15, 0.2) is 0 Å². The van der Waals surface area contributed by atoms with E-state index in [1.54, 1.807) is 18.9 Å². The molecule has 1 N–H and O–H groups in total. The van der Waals surface area contributed by atoms with Crippen molar-refractivity contribution in [1.82, 2.24) is 10.2 Å². The topological polar surface area (TPSA) is 71.0 Å². The van der Waals surface area contributed by atoms with Gasteiger partial charge < -0.3 is 15.0 Å². The normalized spacial score (nSPS) is 22.5. The molecule has 2 amide bonds. The van der Waals surface area contributed by atoms with Gasteiger partial charge in [0.25, 0.3) is 5.91 Å². The minimum Gasteiger partial charge on any atom is -0.496 e. The summed E-state index contributed by atoms with van der Waals surface area (Å²) in [4.78, 5) is 31.1. The molecule has 2 aliphatic rings. The number of allylic oxidation sites excluding steroid dienone is 2. The highest BCUT2D eigenvalue weighted by Gasteiger charge is 2.45. The third-order valence-corrected chi connectivity index (χ3v) is 4.94. The van der Waals surface area contributed by atoms with E-state index in [4.69, 9.17) is 4.74 Å². The van der Waals surface area contributed by atoms with Crippen molar-refractivity contribution >= 4 is 17.6 Å². The second-order valence-electron chi connectivity index (χ2n) is 7.28. The molecule has 6 heteroatoms. The minimum absolute atomic E-state index is 0.0426. The van der Waals surface area contributed by atoms with Crippen LogP contribution in [-0.2, 0) is 16.0 Å². The summed E-state index contributed by atoms with van der Waals surface area (Å²) in [6, 6.07) is 7.64. The van der Waals surface area contributed by atoms with Crippen LogP contribution in [0, 0.1) is 0 Å². The molecule has 2 heterocycles. The Kier molecular flexibility index (Phi) is 5.17. The lowest BCUT2D eigenvalue weighted by molar-refractivity contribution is -0.135. The number of hydrogen-bond donors (Lipinski definition) is 1. The Hall–Kier alpha value is -2.89. The minimum atomic E-state index is -1.00. The molecule has 2 atom stereocenters. The van der Waals surface area contributed by atoms with Crippen molar-refractivity contribution < 1.29 is 14.3 Å². The van der Waals surface area contributed by atoms with Crippen LogP contribution in [-0.4, -0.2) is 41.2 Å². The Morgan fingerprint density at radius 1 is 1.41 bits per heavy atom. The number of benzene rings is 1. The summed E-state index contributed by atoms with van der Waals surface area (Å²) in [6.07, 6.45) is 6.24. The van der Waals surface area contributed by atoms with Crippen LogP contribution >= 0.6 is 0 Å². The van der Waals surface area contributed by atoms with E-state index in [1.807, 2.05) is 56.5 Å². The number of rotatable bonds is 5. The number of amidine groups is 1. The first-order chi connectivity index (χ1) is 12.8. The standard InChI is InChI=1S/C21H25N3O3/c1-14-9-10-24-18(11-14)23-19(25)13-21(24,3)20(26)22-15(2)12-16-7-5-6-8-17(16)27-4/h5-11,15H,12-13H2,1-4H3,(H,22,26)/t15-,21-/m1/s1. The number of ether oxygens (including phenoxy) is 1. The molecule has 142 valence electrons. The Balaban J connectivity index is 1.76. The van der Waals surface area contributed by atoms with Gasteiger partial charge in [-0.2, -0.15) is 4.99 Å². The summed E-state index contributed by atoms with van der Waals surface area (Å²) < 4.78 is 5.39. The number of fused-ring (bicyclic) bond motifs is 1. The average Bonchev–Trinajstić information content (AvgIpc) is 2.61. The first-order valence-corrected chi connectivity index (χ1v) is 9.03. The molecule has 0 saturated heterocycles. The van der Waals surface area contributed by atoms with Gasteiger partial charge in [-0.1, -0.05) is 18.2 Å². The Morgan fingerprint density at radius 3 is 2.89 bits per heavy atom. The maximum Gasteiger partial charge on any atom is 0.250 e. The van der Waals surface area contributed by atoms with Crippen LogP contribution in [0.1, 0.15) is 32.8 Å². The molecule has 0 bridgehead atoms. The molecule has 0 fully saturated rings. The van der Waals surface area contributed by atoms with Crippen LogP contribution in [0.4, 0.5) is 0 Å². The predicted molar refractivity (Wildman–Crippen MR) is 105 cm³/mol. The van der Waals surface area contributed by atoms with Gasteiger partial charge >= 0.3 is 0 Å². The molecule has 1 aromatic rings. The Morgan fingerprint density at radius 2 is 2.15 bits per heavy atom. The summed E-state index contributed by atoms with van der Waals surface area (Å²) in [5.74, 6) is 0.840. The van der Waals surface area contributed by atoms with Gasteiger partial charge in [-0.25, -0.2) is 0 Å². The number of carbonyl (C=O) groups excluding carboxylic acids is 2. The zero-order chi connectivity index (χ0) is 19.6. The quantitative estimate of drug-likeness (QED) is 0.868. The first kappa shape index (κ1) is 18.9. The van der Waals surface area contributed by atoms with Crippen molar-refractivity contribution in [3.05, 3.63) is 53.8 Å². The van der Waals surface area contributed by atoms with Gasteiger partial charge in [0.2, 0.25) is 5.91 Å². The van der Waals surface area contributed by atoms with Crippen LogP contribution in [0.25, 0.3) is 0 Å². The van der Waals surface area contributed by atoms with Gasteiger partial charge in [-0.15, -0.1) is 0 Å². The number of para-hydroxylation sites is 1. The van der Waals surface area contributed by atoms with Crippen molar-refractivity contribution in [2.24, 2.45) is 4.99 Å². The molecule has 0 radical (unpaired) electrons. The molecule has 0 aliphatic carbocycles. The summed E-state index contributed by atoms with van der Waals surface area (Å²) in [5.41, 5.74) is 1.01. The molecule has 27 heavy (non-hydrogen) atoms. The maximum absolute atomic E-state index is 13.1. The Bertz CT molecular complexity index is 856. The van der Waals surface area contributed by atoms with E-state index in [2.05, 4.69) is 10.3 Å². The van der Waals surface area contributed by atoms with Gasteiger partial charge in [0.1, 0.15) is 17.1 Å². The van der Waals surface area contributed by atoms with Crippen LogP contribution in [0.3, 0.4) is 0 Å². The fraction of sp³-hybridized carbons (Fsp3) is 0.381. The molecule has 1 aromatic carbocycles. The second-order valence-corrected chi connectivity index (χ2v) is 7.28. The lowest BCUT2D eigenvalue weighted by Crippen LogP contribution is -2.61. The van der Waals surface area contributed by atoms with Crippen LogP contribution in [0.15, 0.2) is 53.2 Å². The number of nitrogens with zero attached hydrogens (tertiary/aromatic N) is 2. The molecular formula is C21H25N3O3. The van der Waals surface area contributed by atoms with Crippen molar-refractivity contribution in [3.63, 3.8) is 0 Å². The molecule has 0 aromatic heterocycles. The fourth-order valence-corrected chi connectivity index (χ4v) is 3.46. The fourth-order valence-electron chi connectivity index (χ4n) is 3.46. The van der Waals surface area contributed by atoms with Crippen LogP contribution in [0.5, 0.6) is 5.75 Å². The third-order valence-electron chi connectivity index (χ3n) is 4.94. The highest BCUT2D eigenvalue weighted by Crippen LogP contribution is 2.29. The van der Waals surface area contributed by atoms with E-state index in [0.717, 1.165) is 16.9 Å². The largest absolute Gasteiger partial charge is 0.496 e. The zero-order valence-electron chi connectivity index (χ0n) is 16.2. The lowest BCUT2D eigenvalue weighted by atomic mass is 9.90. The molecular weight excluding hydrogens is 342 g/mol. The summed E-state index contributed by atoms with van der Waals surface area (Å²) >= 11 is 0. The lowest BCUT2D eigenvalue weighted by Gasteiger charge is -2.42. The van der Waals surface area contributed by atoms with Crippen molar-refractivity contribution in [3.8, 4) is 5.75 Å². The average molecular weight is 367 g/mol. The third kappa shape index (κ3) is 3.79. The smallest absolute Gasteiger partial charge is 0.250 e. The molecule has 0 spiro atoms. The number of carbonyl (C=O) groups is 2. The number of hydrogen-bond acceptors (Lipinski definition) is 4. The number of nitrogens with one attached hydrogen (secondary N) is 1. The molecule has 0 saturated carbocycles. The van der Waals surface area contributed by atoms with Gasteiger partial charge in [0.05, 0.1) is 13.5 Å².